The van der Waals surface area contributed by atoms with Gasteiger partial charge in [-0.3, -0.25) is 9.69 Å². The summed E-state index contributed by atoms with van der Waals surface area (Å²) >= 11 is 1.53. The normalized spacial score (nSPS) is 14.5. The van der Waals surface area contributed by atoms with E-state index in [1.54, 1.807) is 23.8 Å². The first-order valence-corrected chi connectivity index (χ1v) is 12.3. The maximum atomic E-state index is 13.2. The number of imidazole rings is 1. The van der Waals surface area contributed by atoms with Gasteiger partial charge in [0, 0.05) is 45.4 Å². The Bertz CT molecular complexity index is 1270. The van der Waals surface area contributed by atoms with Crippen molar-refractivity contribution in [1.82, 2.24) is 24.8 Å². The number of piperazine rings is 1. The molecule has 2 aromatic carbocycles. The van der Waals surface area contributed by atoms with E-state index in [1.165, 1.54) is 23.5 Å². The van der Waals surface area contributed by atoms with Crippen molar-refractivity contribution < 1.29 is 13.9 Å². The summed E-state index contributed by atoms with van der Waals surface area (Å²) in [5.41, 5.74) is 3.79. The summed E-state index contributed by atoms with van der Waals surface area (Å²) in [5.74, 6) is -0.245. The highest BCUT2D eigenvalue weighted by atomic mass is 32.1. The molecule has 1 fully saturated rings. The highest BCUT2D eigenvalue weighted by Crippen LogP contribution is 2.27. The lowest BCUT2D eigenvalue weighted by molar-refractivity contribution is -0.122. The maximum Gasteiger partial charge on any atom is 0.234 e. The number of nitrogens with zero attached hydrogens (tertiary/aromatic N) is 5. The molecule has 0 aliphatic carbocycles. The number of fused-ring (bicyclic) bond motifs is 1. The largest absolute Gasteiger partial charge is 0.380 e. The quantitative estimate of drug-likeness (QED) is 0.406. The Morgan fingerprint density at radius 1 is 1.09 bits per heavy atom. The van der Waals surface area contributed by atoms with Gasteiger partial charge in [0.15, 0.2) is 0 Å². The number of amides is 1. The number of hydrogen-bond acceptors (Lipinski definition) is 7. The zero-order chi connectivity index (χ0) is 24.2. The topological polar surface area (TPSA) is 75.0 Å². The molecule has 0 spiro atoms. The number of carbonyl (C=O) groups is 1. The highest BCUT2D eigenvalue weighted by Gasteiger charge is 2.22. The lowest BCUT2D eigenvalue weighted by atomic mass is 10.1. The van der Waals surface area contributed by atoms with E-state index >= 15 is 0 Å². The smallest absolute Gasteiger partial charge is 0.234 e. The number of benzene rings is 2. The highest BCUT2D eigenvalue weighted by molar-refractivity contribution is 7.20. The lowest BCUT2D eigenvalue weighted by Gasteiger charge is -2.33. The molecule has 0 atom stereocenters. The Kier molecular flexibility index (Phi) is 7.03. The number of aromatic nitrogens is 3. The molecule has 0 bridgehead atoms. The van der Waals surface area contributed by atoms with E-state index in [0.29, 0.717) is 19.7 Å². The summed E-state index contributed by atoms with van der Waals surface area (Å²) in [6.45, 7) is 4.58. The van der Waals surface area contributed by atoms with Crippen molar-refractivity contribution >= 4 is 27.3 Å². The average molecular weight is 495 g/mol. The molecule has 1 N–H and O–H groups in total. The number of rotatable bonds is 8. The molecule has 0 radical (unpaired) electrons. The second-order valence-electron chi connectivity index (χ2n) is 8.49. The van der Waals surface area contributed by atoms with Crippen LogP contribution < -0.4 is 10.2 Å². The number of ether oxygens (including phenoxy) is 1. The molecule has 2 aromatic heterocycles. The van der Waals surface area contributed by atoms with Crippen LogP contribution in [-0.2, 0) is 22.7 Å². The number of methoxy groups -OCH3 is 1. The van der Waals surface area contributed by atoms with Gasteiger partial charge in [-0.05, 0) is 35.4 Å². The minimum atomic E-state index is -0.265. The molecule has 8 nitrogen and oxygen atoms in total. The van der Waals surface area contributed by atoms with Gasteiger partial charge < -0.3 is 15.0 Å². The van der Waals surface area contributed by atoms with Gasteiger partial charge in [-0.2, -0.15) is 0 Å². The van der Waals surface area contributed by atoms with E-state index in [-0.39, 0.29) is 11.7 Å². The molecule has 1 aliphatic rings. The van der Waals surface area contributed by atoms with Gasteiger partial charge in [0.1, 0.15) is 5.82 Å². The second kappa shape index (κ2) is 10.5. The fourth-order valence-electron chi connectivity index (χ4n) is 4.15. The van der Waals surface area contributed by atoms with Gasteiger partial charge in [0.2, 0.25) is 16.0 Å². The monoisotopic (exact) mass is 494 g/mol. The first-order valence-electron chi connectivity index (χ1n) is 11.5. The molecule has 1 saturated heterocycles. The van der Waals surface area contributed by atoms with Crippen molar-refractivity contribution in [2.75, 3.05) is 44.7 Å². The maximum absolute atomic E-state index is 13.2. The molecular formula is C25H27FN6O2S. The van der Waals surface area contributed by atoms with Crippen LogP contribution in [0.3, 0.4) is 0 Å². The van der Waals surface area contributed by atoms with Gasteiger partial charge in [0.05, 0.1) is 25.0 Å². The summed E-state index contributed by atoms with van der Waals surface area (Å²) in [6, 6.07) is 14.3. The molecule has 10 heteroatoms. The third-order valence-electron chi connectivity index (χ3n) is 6.08. The van der Waals surface area contributed by atoms with Crippen LogP contribution in [0.15, 0.2) is 54.7 Å². The number of anilines is 1. The minimum absolute atomic E-state index is 0.0201. The fourth-order valence-corrected chi connectivity index (χ4v) is 5.09. The van der Waals surface area contributed by atoms with Gasteiger partial charge in [0.25, 0.3) is 0 Å². The van der Waals surface area contributed by atoms with Crippen LogP contribution in [0.2, 0.25) is 0 Å². The molecule has 5 rings (SSSR count). The summed E-state index contributed by atoms with van der Waals surface area (Å²) in [7, 11) is 1.67. The summed E-state index contributed by atoms with van der Waals surface area (Å²) < 4.78 is 20.2. The van der Waals surface area contributed by atoms with Crippen molar-refractivity contribution in [3.8, 4) is 11.3 Å². The Morgan fingerprint density at radius 2 is 1.83 bits per heavy atom. The zero-order valence-corrected chi connectivity index (χ0v) is 20.3. The molecular weight excluding hydrogens is 467 g/mol. The predicted octanol–water partition coefficient (Wildman–Crippen LogP) is 3.18. The molecule has 4 aromatic rings. The second-order valence-corrected chi connectivity index (χ2v) is 9.42. The van der Waals surface area contributed by atoms with Crippen molar-refractivity contribution in [2.24, 2.45) is 0 Å². The average Bonchev–Trinajstić information content (AvgIpc) is 3.44. The fraction of sp³-hybridized carbons (Fsp3) is 0.320. The molecule has 182 valence electrons. The van der Waals surface area contributed by atoms with Crippen LogP contribution in [0.4, 0.5) is 9.52 Å². The SMILES string of the molecule is COCc1ccccc1CNC(=O)CN1CCN(c2nn3cc(-c4ccc(F)cc4)nc3s2)CC1. The first kappa shape index (κ1) is 23.4. The Morgan fingerprint density at radius 3 is 2.54 bits per heavy atom. The predicted molar refractivity (Wildman–Crippen MR) is 134 cm³/mol. The van der Waals surface area contributed by atoms with E-state index in [0.717, 1.165) is 58.7 Å². The third-order valence-corrected chi connectivity index (χ3v) is 7.06. The van der Waals surface area contributed by atoms with E-state index < -0.39 is 0 Å². The van der Waals surface area contributed by atoms with Crippen LogP contribution in [0, 0.1) is 5.82 Å². The summed E-state index contributed by atoms with van der Waals surface area (Å²) in [5, 5.41) is 8.63. The number of halogens is 1. The van der Waals surface area contributed by atoms with E-state index in [1.807, 2.05) is 30.5 Å². The molecule has 35 heavy (non-hydrogen) atoms. The molecule has 0 unspecified atom stereocenters. The zero-order valence-electron chi connectivity index (χ0n) is 19.5. The van der Waals surface area contributed by atoms with Gasteiger partial charge in [-0.1, -0.05) is 35.6 Å². The number of hydrogen-bond donors (Lipinski definition) is 1. The minimum Gasteiger partial charge on any atom is -0.380 e. The van der Waals surface area contributed by atoms with Crippen molar-refractivity contribution in [1.29, 1.82) is 0 Å². The van der Waals surface area contributed by atoms with Crippen molar-refractivity contribution in [2.45, 2.75) is 13.2 Å². The van der Waals surface area contributed by atoms with E-state index in [9.17, 15) is 9.18 Å². The molecule has 3 heterocycles. The Labute approximate surface area is 207 Å². The van der Waals surface area contributed by atoms with E-state index in [4.69, 9.17) is 4.74 Å². The summed E-state index contributed by atoms with van der Waals surface area (Å²) in [6.07, 6.45) is 1.87. The van der Waals surface area contributed by atoms with Gasteiger partial charge >= 0.3 is 0 Å². The summed E-state index contributed by atoms with van der Waals surface area (Å²) in [4.78, 5) is 22.4. The van der Waals surface area contributed by atoms with Crippen LogP contribution in [-0.4, -0.2) is 65.2 Å². The van der Waals surface area contributed by atoms with Crippen molar-refractivity contribution in [3.63, 3.8) is 0 Å². The Balaban J connectivity index is 1.12. The van der Waals surface area contributed by atoms with Gasteiger partial charge in [-0.25, -0.2) is 13.9 Å². The van der Waals surface area contributed by atoms with Gasteiger partial charge in [-0.15, -0.1) is 5.10 Å². The lowest BCUT2D eigenvalue weighted by Crippen LogP contribution is -2.49. The van der Waals surface area contributed by atoms with Crippen LogP contribution in [0.1, 0.15) is 11.1 Å². The van der Waals surface area contributed by atoms with Crippen LogP contribution >= 0.6 is 11.3 Å². The van der Waals surface area contributed by atoms with Crippen LogP contribution in [0.5, 0.6) is 0 Å². The number of carbonyl (C=O) groups excluding carboxylic acids is 1. The van der Waals surface area contributed by atoms with Crippen molar-refractivity contribution in [3.05, 3.63) is 71.7 Å². The van der Waals surface area contributed by atoms with E-state index in [2.05, 4.69) is 25.2 Å². The molecule has 1 amide bonds. The van der Waals surface area contributed by atoms with Crippen LogP contribution in [0.25, 0.3) is 16.2 Å². The number of nitrogens with one attached hydrogen (secondary N) is 1. The Hall–Kier alpha value is -3.34. The molecule has 0 saturated carbocycles. The third kappa shape index (κ3) is 5.50. The standard InChI is InChI=1S/C25H27FN6O2S/c1-34-17-20-5-3-2-4-19(20)14-27-23(33)16-30-10-12-31(13-11-30)25-29-32-15-22(28-24(32)35-25)18-6-8-21(26)9-7-18/h2-9,15H,10-14,16-17H2,1H3,(H,27,33). The first-order chi connectivity index (χ1) is 17.1. The molecule has 1 aliphatic heterocycles.